The van der Waals surface area contributed by atoms with Crippen molar-refractivity contribution >= 4 is 20.9 Å². The Kier molecular flexibility index (Phi) is 3.00. The van der Waals surface area contributed by atoms with E-state index in [0.29, 0.717) is 0 Å². The Bertz CT molecular complexity index is 672. The van der Waals surface area contributed by atoms with Gasteiger partial charge >= 0.3 is 0 Å². The van der Waals surface area contributed by atoms with Crippen molar-refractivity contribution in [2.75, 3.05) is 0 Å². The summed E-state index contributed by atoms with van der Waals surface area (Å²) >= 11 is 0. The lowest BCUT2D eigenvalue weighted by atomic mass is 10.1. The zero-order valence-corrected chi connectivity index (χ0v) is 9.94. The van der Waals surface area contributed by atoms with E-state index in [2.05, 4.69) is 6.58 Å². The molecule has 0 amide bonds. The first kappa shape index (κ1) is 11.8. The minimum atomic E-state index is -4.14. The SMILES string of the molecule is C=CCc1ccc2ccc(S(=O)(=O)O)cc2c1. The minimum Gasteiger partial charge on any atom is -0.282 e. The molecule has 88 valence electrons. The Morgan fingerprint density at radius 3 is 2.47 bits per heavy atom. The van der Waals surface area contributed by atoms with Crippen LogP contribution in [0.1, 0.15) is 5.56 Å². The first-order valence-electron chi connectivity index (χ1n) is 5.12. The molecule has 0 atom stereocenters. The Labute approximate surface area is 100 Å². The molecule has 17 heavy (non-hydrogen) atoms. The van der Waals surface area contributed by atoms with Crippen LogP contribution in [0.2, 0.25) is 0 Å². The van der Waals surface area contributed by atoms with E-state index in [-0.39, 0.29) is 4.90 Å². The van der Waals surface area contributed by atoms with Crippen LogP contribution in [0, 0.1) is 0 Å². The molecule has 0 bridgehead atoms. The van der Waals surface area contributed by atoms with Gasteiger partial charge in [-0.2, -0.15) is 8.42 Å². The average Bonchev–Trinajstić information content (AvgIpc) is 2.27. The van der Waals surface area contributed by atoms with Crippen molar-refractivity contribution in [3.05, 3.63) is 54.6 Å². The van der Waals surface area contributed by atoms with Crippen molar-refractivity contribution in [3.8, 4) is 0 Å². The summed E-state index contributed by atoms with van der Waals surface area (Å²) in [4.78, 5) is -0.0826. The van der Waals surface area contributed by atoms with Crippen molar-refractivity contribution in [1.82, 2.24) is 0 Å². The fourth-order valence-electron chi connectivity index (χ4n) is 1.73. The van der Waals surface area contributed by atoms with E-state index in [0.717, 1.165) is 22.8 Å². The van der Waals surface area contributed by atoms with Gasteiger partial charge in [-0.25, -0.2) is 0 Å². The van der Waals surface area contributed by atoms with Gasteiger partial charge in [0.15, 0.2) is 0 Å². The van der Waals surface area contributed by atoms with Crippen LogP contribution in [0.5, 0.6) is 0 Å². The molecule has 3 nitrogen and oxygen atoms in total. The van der Waals surface area contributed by atoms with Crippen LogP contribution in [0.4, 0.5) is 0 Å². The van der Waals surface area contributed by atoms with E-state index in [4.69, 9.17) is 4.55 Å². The van der Waals surface area contributed by atoms with Crippen molar-refractivity contribution in [2.45, 2.75) is 11.3 Å². The van der Waals surface area contributed by atoms with Gasteiger partial charge in [0.25, 0.3) is 10.1 Å². The van der Waals surface area contributed by atoms with Gasteiger partial charge in [0, 0.05) is 0 Å². The first-order valence-corrected chi connectivity index (χ1v) is 6.56. The highest BCUT2D eigenvalue weighted by molar-refractivity contribution is 7.85. The van der Waals surface area contributed by atoms with Gasteiger partial charge in [-0.3, -0.25) is 4.55 Å². The predicted octanol–water partition coefficient (Wildman–Crippen LogP) is 2.82. The van der Waals surface area contributed by atoms with Crippen LogP contribution >= 0.6 is 0 Å². The molecule has 2 aromatic rings. The summed E-state index contributed by atoms with van der Waals surface area (Å²) in [7, 11) is -4.14. The molecule has 2 rings (SSSR count). The Balaban J connectivity index is 2.62. The lowest BCUT2D eigenvalue weighted by molar-refractivity contribution is 0.483. The molecule has 0 saturated carbocycles. The van der Waals surface area contributed by atoms with Gasteiger partial charge in [-0.05, 0) is 34.9 Å². The van der Waals surface area contributed by atoms with Crippen molar-refractivity contribution in [3.63, 3.8) is 0 Å². The largest absolute Gasteiger partial charge is 0.294 e. The van der Waals surface area contributed by atoms with Crippen LogP contribution in [0.15, 0.2) is 53.9 Å². The summed E-state index contributed by atoms with van der Waals surface area (Å²) in [5.74, 6) is 0. The lowest BCUT2D eigenvalue weighted by Gasteiger charge is -2.03. The molecule has 0 aliphatic heterocycles. The summed E-state index contributed by atoms with van der Waals surface area (Å²) in [6.07, 6.45) is 2.51. The maximum atomic E-state index is 11.0. The second kappa shape index (κ2) is 4.31. The number of fused-ring (bicyclic) bond motifs is 1. The highest BCUT2D eigenvalue weighted by Gasteiger charge is 2.09. The molecule has 0 heterocycles. The van der Waals surface area contributed by atoms with E-state index in [9.17, 15) is 8.42 Å². The second-order valence-electron chi connectivity index (χ2n) is 3.81. The van der Waals surface area contributed by atoms with Crippen molar-refractivity contribution in [1.29, 1.82) is 0 Å². The molecular formula is C13H12O3S. The normalized spacial score (nSPS) is 11.6. The number of rotatable bonds is 3. The molecule has 4 heteroatoms. The zero-order chi connectivity index (χ0) is 12.5. The van der Waals surface area contributed by atoms with E-state index in [1.54, 1.807) is 12.1 Å². The molecule has 0 unspecified atom stereocenters. The number of hydrogen-bond acceptors (Lipinski definition) is 2. The van der Waals surface area contributed by atoms with Gasteiger partial charge in [0.1, 0.15) is 0 Å². The number of allylic oxidation sites excluding steroid dienone is 1. The fraction of sp³-hybridized carbons (Fsp3) is 0.0769. The lowest BCUT2D eigenvalue weighted by Crippen LogP contribution is -1.97. The van der Waals surface area contributed by atoms with Gasteiger partial charge in [-0.1, -0.05) is 30.3 Å². The summed E-state index contributed by atoms with van der Waals surface area (Å²) in [6.45, 7) is 3.66. The van der Waals surface area contributed by atoms with Crippen LogP contribution in [-0.2, 0) is 16.5 Å². The second-order valence-corrected chi connectivity index (χ2v) is 5.23. The third-order valence-electron chi connectivity index (χ3n) is 2.55. The maximum Gasteiger partial charge on any atom is 0.294 e. The third kappa shape index (κ3) is 2.54. The zero-order valence-electron chi connectivity index (χ0n) is 9.13. The average molecular weight is 248 g/mol. The summed E-state index contributed by atoms with van der Waals surface area (Å²) < 4.78 is 31.0. The monoisotopic (exact) mass is 248 g/mol. The van der Waals surface area contributed by atoms with E-state index < -0.39 is 10.1 Å². The molecule has 0 spiro atoms. The highest BCUT2D eigenvalue weighted by Crippen LogP contribution is 2.20. The standard InChI is InChI=1S/C13H12O3S/c1-2-3-10-4-5-11-6-7-13(17(14,15)16)9-12(11)8-10/h2,4-9H,1,3H2,(H,14,15,16). The topological polar surface area (TPSA) is 54.4 Å². The van der Waals surface area contributed by atoms with Crippen molar-refractivity contribution in [2.24, 2.45) is 0 Å². The molecule has 0 fully saturated rings. The Hall–Kier alpha value is -1.65. The quantitative estimate of drug-likeness (QED) is 0.671. The molecule has 0 saturated heterocycles. The van der Waals surface area contributed by atoms with Crippen molar-refractivity contribution < 1.29 is 13.0 Å². The Morgan fingerprint density at radius 2 is 1.82 bits per heavy atom. The van der Waals surface area contributed by atoms with E-state index in [1.807, 2.05) is 18.2 Å². The number of benzene rings is 2. The van der Waals surface area contributed by atoms with Gasteiger partial charge in [-0.15, -0.1) is 6.58 Å². The minimum absolute atomic E-state index is 0.0826. The first-order chi connectivity index (χ1) is 8.00. The van der Waals surface area contributed by atoms with E-state index in [1.165, 1.54) is 12.1 Å². The summed E-state index contributed by atoms with van der Waals surface area (Å²) in [6, 6.07) is 10.3. The van der Waals surface area contributed by atoms with E-state index >= 15 is 0 Å². The van der Waals surface area contributed by atoms with Gasteiger partial charge < -0.3 is 0 Å². The maximum absolute atomic E-state index is 11.0. The highest BCUT2D eigenvalue weighted by atomic mass is 32.2. The molecule has 0 aliphatic rings. The van der Waals surface area contributed by atoms with Gasteiger partial charge in [0.05, 0.1) is 4.90 Å². The molecule has 0 aromatic heterocycles. The smallest absolute Gasteiger partial charge is 0.282 e. The van der Waals surface area contributed by atoms with Crippen LogP contribution < -0.4 is 0 Å². The van der Waals surface area contributed by atoms with Crippen LogP contribution in [0.3, 0.4) is 0 Å². The fourth-order valence-corrected chi connectivity index (χ4v) is 2.24. The summed E-state index contributed by atoms with van der Waals surface area (Å²) in [5, 5.41) is 1.73. The van der Waals surface area contributed by atoms with Crippen LogP contribution in [-0.4, -0.2) is 13.0 Å². The number of hydrogen-bond donors (Lipinski definition) is 1. The summed E-state index contributed by atoms with van der Waals surface area (Å²) in [5.41, 5.74) is 1.06. The molecule has 0 radical (unpaired) electrons. The predicted molar refractivity (Wildman–Crippen MR) is 67.7 cm³/mol. The van der Waals surface area contributed by atoms with Crippen LogP contribution in [0.25, 0.3) is 10.8 Å². The molecular weight excluding hydrogens is 236 g/mol. The molecule has 0 aliphatic carbocycles. The Morgan fingerprint density at radius 1 is 1.12 bits per heavy atom. The third-order valence-corrected chi connectivity index (χ3v) is 3.40. The van der Waals surface area contributed by atoms with Gasteiger partial charge in [0.2, 0.25) is 0 Å². The molecule has 2 aromatic carbocycles. The molecule has 1 N–H and O–H groups in total.